The number of aromatic nitrogens is 2. The fourth-order valence-corrected chi connectivity index (χ4v) is 4.15. The largest absolute Gasteiger partial charge is 0.462 e. The van der Waals surface area contributed by atoms with Crippen LogP contribution in [0.15, 0.2) is 59.6 Å². The first-order valence-corrected chi connectivity index (χ1v) is 11.9. The van der Waals surface area contributed by atoms with Crippen molar-refractivity contribution < 1.29 is 22.7 Å². The van der Waals surface area contributed by atoms with E-state index in [2.05, 4.69) is 15.1 Å². The maximum atomic E-state index is 12.3. The molecule has 3 rings (SSSR count). The Bertz CT molecular complexity index is 1250. The molecule has 0 unspecified atom stereocenters. The number of ether oxygens (including phenoxy) is 1. The Hall–Kier alpha value is -3.50. The smallest absolute Gasteiger partial charge is 0.341 e. The molecular formula is C23H26N4O5S. The van der Waals surface area contributed by atoms with Crippen molar-refractivity contribution in [3.63, 3.8) is 0 Å². The number of nitrogens with one attached hydrogen (secondary N) is 2. The molecular weight excluding hydrogens is 444 g/mol. The van der Waals surface area contributed by atoms with Gasteiger partial charge in [0.25, 0.3) is 0 Å². The van der Waals surface area contributed by atoms with Gasteiger partial charge in [-0.05, 0) is 51.1 Å². The van der Waals surface area contributed by atoms with Crippen LogP contribution in [0.3, 0.4) is 0 Å². The molecule has 0 fully saturated rings. The highest BCUT2D eigenvalue weighted by Gasteiger charge is 2.17. The van der Waals surface area contributed by atoms with Crippen molar-refractivity contribution in [2.75, 3.05) is 18.5 Å². The first-order valence-electron chi connectivity index (χ1n) is 10.4. The molecule has 2 aromatic carbocycles. The van der Waals surface area contributed by atoms with E-state index in [-0.39, 0.29) is 30.4 Å². The molecule has 10 heteroatoms. The molecule has 0 bridgehead atoms. The lowest BCUT2D eigenvalue weighted by atomic mass is 10.2. The van der Waals surface area contributed by atoms with E-state index in [1.807, 2.05) is 6.92 Å². The van der Waals surface area contributed by atoms with Gasteiger partial charge in [0.1, 0.15) is 5.56 Å². The maximum absolute atomic E-state index is 12.3. The van der Waals surface area contributed by atoms with Crippen molar-refractivity contribution in [3.05, 3.63) is 71.5 Å². The van der Waals surface area contributed by atoms with Gasteiger partial charge in [-0.1, -0.05) is 23.8 Å². The summed E-state index contributed by atoms with van der Waals surface area (Å²) in [6.07, 6.45) is 1.40. The zero-order valence-corrected chi connectivity index (χ0v) is 19.5. The van der Waals surface area contributed by atoms with E-state index >= 15 is 0 Å². The lowest BCUT2D eigenvalue weighted by molar-refractivity contribution is -0.116. The van der Waals surface area contributed by atoms with Crippen molar-refractivity contribution in [1.82, 2.24) is 14.5 Å². The van der Waals surface area contributed by atoms with Crippen molar-refractivity contribution in [2.24, 2.45) is 0 Å². The summed E-state index contributed by atoms with van der Waals surface area (Å²) in [4.78, 5) is 24.5. The molecule has 0 saturated carbocycles. The summed E-state index contributed by atoms with van der Waals surface area (Å²) in [5, 5.41) is 7.00. The third kappa shape index (κ3) is 6.05. The fraction of sp³-hybridized carbons (Fsp3) is 0.261. The van der Waals surface area contributed by atoms with Gasteiger partial charge in [0.05, 0.1) is 29.1 Å². The Morgan fingerprint density at radius 1 is 1.09 bits per heavy atom. The van der Waals surface area contributed by atoms with Crippen molar-refractivity contribution in [2.45, 2.75) is 32.1 Å². The molecule has 0 spiro atoms. The van der Waals surface area contributed by atoms with Gasteiger partial charge in [-0.2, -0.15) is 5.10 Å². The summed E-state index contributed by atoms with van der Waals surface area (Å²) < 4.78 is 33.7. The number of nitrogens with zero attached hydrogens (tertiary/aromatic N) is 2. The van der Waals surface area contributed by atoms with Gasteiger partial charge in [-0.3, -0.25) is 4.79 Å². The Morgan fingerprint density at radius 2 is 1.82 bits per heavy atom. The minimum Gasteiger partial charge on any atom is -0.462 e. The second-order valence-electron chi connectivity index (χ2n) is 7.34. The second kappa shape index (κ2) is 10.4. The first kappa shape index (κ1) is 24.1. The summed E-state index contributed by atoms with van der Waals surface area (Å²) >= 11 is 0. The third-order valence-corrected chi connectivity index (χ3v) is 6.33. The quantitative estimate of drug-likeness (QED) is 0.464. The predicted octanol–water partition coefficient (Wildman–Crippen LogP) is 2.97. The van der Waals surface area contributed by atoms with Crippen molar-refractivity contribution >= 4 is 27.6 Å². The summed E-state index contributed by atoms with van der Waals surface area (Å²) in [5.74, 6) is -0.790. The van der Waals surface area contributed by atoms with Gasteiger partial charge in [0.15, 0.2) is 0 Å². The van der Waals surface area contributed by atoms with Crippen LogP contribution < -0.4 is 10.0 Å². The van der Waals surface area contributed by atoms with E-state index in [9.17, 15) is 18.0 Å². The number of sulfonamides is 1. The summed E-state index contributed by atoms with van der Waals surface area (Å²) in [6.45, 7) is 5.59. The Morgan fingerprint density at radius 3 is 2.52 bits per heavy atom. The van der Waals surface area contributed by atoms with Crippen LogP contribution in [-0.4, -0.2) is 43.2 Å². The van der Waals surface area contributed by atoms with Gasteiger partial charge in [-0.25, -0.2) is 22.6 Å². The van der Waals surface area contributed by atoms with Crippen LogP contribution in [-0.2, 0) is 19.6 Å². The van der Waals surface area contributed by atoms with Crippen LogP contribution in [0.4, 0.5) is 5.69 Å². The molecule has 9 nitrogen and oxygen atoms in total. The van der Waals surface area contributed by atoms with Crippen LogP contribution in [0.5, 0.6) is 0 Å². The average molecular weight is 471 g/mol. The van der Waals surface area contributed by atoms with E-state index in [1.165, 1.54) is 18.3 Å². The molecule has 0 atom stereocenters. The predicted molar refractivity (Wildman–Crippen MR) is 124 cm³/mol. The zero-order chi connectivity index (χ0) is 24.0. The van der Waals surface area contributed by atoms with E-state index < -0.39 is 16.0 Å². The molecule has 0 radical (unpaired) electrons. The van der Waals surface area contributed by atoms with Crippen LogP contribution >= 0.6 is 0 Å². The molecule has 2 N–H and O–H groups in total. The number of carbonyl (C=O) groups excluding carboxylic acids is 2. The monoisotopic (exact) mass is 470 g/mol. The molecule has 0 aliphatic carbocycles. The van der Waals surface area contributed by atoms with Crippen LogP contribution in [0, 0.1) is 13.8 Å². The van der Waals surface area contributed by atoms with Crippen molar-refractivity contribution in [3.8, 4) is 5.69 Å². The summed E-state index contributed by atoms with van der Waals surface area (Å²) in [5.41, 5.74) is 3.11. The minimum absolute atomic E-state index is 0.0386. The highest BCUT2D eigenvalue weighted by molar-refractivity contribution is 7.89. The molecule has 0 aliphatic heterocycles. The standard InChI is InChI=1S/C23H26N4O5S/c1-4-32-23(29)21-15-24-27(17(21)3)19-7-5-6-18(14-19)26-22(28)12-13-25-33(30,31)20-10-8-16(2)9-11-20/h5-11,14-15,25H,4,12-13H2,1-3H3,(H,26,28). The SMILES string of the molecule is CCOC(=O)c1cnn(-c2cccc(NC(=O)CCNS(=O)(=O)c3ccc(C)cc3)c2)c1C. The van der Waals surface area contributed by atoms with Crippen molar-refractivity contribution in [1.29, 1.82) is 0 Å². The highest BCUT2D eigenvalue weighted by atomic mass is 32.2. The van der Waals surface area contributed by atoms with Crippen LogP contribution in [0.1, 0.15) is 35.0 Å². The lowest BCUT2D eigenvalue weighted by Gasteiger charge is -2.10. The van der Waals surface area contributed by atoms with Gasteiger partial charge < -0.3 is 10.1 Å². The van der Waals surface area contributed by atoms with E-state index in [0.29, 0.717) is 22.6 Å². The Labute approximate surface area is 192 Å². The molecule has 174 valence electrons. The van der Waals surface area contributed by atoms with E-state index in [1.54, 1.807) is 54.9 Å². The summed E-state index contributed by atoms with van der Waals surface area (Å²) in [7, 11) is -3.68. The number of hydrogen-bond donors (Lipinski definition) is 2. The lowest BCUT2D eigenvalue weighted by Crippen LogP contribution is -2.27. The number of aryl methyl sites for hydroxylation is 1. The maximum Gasteiger partial charge on any atom is 0.341 e. The molecule has 33 heavy (non-hydrogen) atoms. The number of benzene rings is 2. The minimum atomic E-state index is -3.68. The Kier molecular flexibility index (Phi) is 7.62. The zero-order valence-electron chi connectivity index (χ0n) is 18.7. The molecule has 1 amide bonds. The molecule has 1 aromatic heterocycles. The first-order chi connectivity index (χ1) is 15.7. The number of anilines is 1. The highest BCUT2D eigenvalue weighted by Crippen LogP contribution is 2.19. The van der Waals surface area contributed by atoms with E-state index in [0.717, 1.165) is 5.56 Å². The average Bonchev–Trinajstić information content (AvgIpc) is 3.15. The van der Waals surface area contributed by atoms with Crippen LogP contribution in [0.2, 0.25) is 0 Å². The van der Waals surface area contributed by atoms with Gasteiger partial charge in [0, 0.05) is 18.7 Å². The van der Waals surface area contributed by atoms with Gasteiger partial charge in [-0.15, -0.1) is 0 Å². The molecule has 1 heterocycles. The topological polar surface area (TPSA) is 119 Å². The number of amides is 1. The number of carbonyl (C=O) groups is 2. The van der Waals surface area contributed by atoms with Gasteiger partial charge in [0.2, 0.25) is 15.9 Å². The number of esters is 1. The van der Waals surface area contributed by atoms with E-state index in [4.69, 9.17) is 4.74 Å². The normalized spacial score (nSPS) is 11.2. The molecule has 0 saturated heterocycles. The number of rotatable bonds is 9. The molecule has 3 aromatic rings. The summed E-state index contributed by atoms with van der Waals surface area (Å²) in [6, 6.07) is 13.4. The molecule has 0 aliphatic rings. The number of hydrogen-bond acceptors (Lipinski definition) is 6. The third-order valence-electron chi connectivity index (χ3n) is 4.86. The second-order valence-corrected chi connectivity index (χ2v) is 9.10. The Balaban J connectivity index is 1.61. The van der Waals surface area contributed by atoms with Gasteiger partial charge >= 0.3 is 5.97 Å². The van der Waals surface area contributed by atoms with Crippen LogP contribution in [0.25, 0.3) is 5.69 Å². The fourth-order valence-electron chi connectivity index (χ4n) is 3.12.